The minimum absolute atomic E-state index is 0. The number of nitrogens with two attached hydrogens (primary N) is 2. The standard InChI is InChI=1S/C24H50O3.C3H10N2.2FH/c1-3-4-5-6-7-8-9-10-11-12-13-14-15-16-17-18-19-23(2)24(20-25,21-26)22-27;1-3(5)2-4;;/h23,25-27H,3-22H2,1-2H3;3H,2,4-5H2,1H3;2*1H. The topological polar surface area (TPSA) is 113 Å². The predicted molar refractivity (Wildman–Crippen MR) is 145 cm³/mol. The van der Waals surface area contributed by atoms with Gasteiger partial charge in [0, 0.05) is 18.0 Å². The van der Waals surface area contributed by atoms with E-state index in [-0.39, 0.29) is 41.2 Å². The molecule has 0 saturated carbocycles. The van der Waals surface area contributed by atoms with E-state index >= 15 is 0 Å². The average molecular weight is 501 g/mol. The number of unbranched alkanes of at least 4 members (excludes halogenated alkanes) is 15. The second-order valence-electron chi connectivity index (χ2n) is 10.0. The Morgan fingerprint density at radius 3 is 1.09 bits per heavy atom. The Hall–Kier alpha value is -0.340. The molecule has 0 aromatic carbocycles. The predicted octanol–water partition coefficient (Wildman–Crippen LogP) is 5.83. The van der Waals surface area contributed by atoms with E-state index < -0.39 is 5.41 Å². The summed E-state index contributed by atoms with van der Waals surface area (Å²) in [5.41, 5.74) is 9.50. The summed E-state index contributed by atoms with van der Waals surface area (Å²) in [6.07, 6.45) is 22.9. The minimum atomic E-state index is -0.713. The molecule has 0 heterocycles. The van der Waals surface area contributed by atoms with Crippen LogP contribution in [0.2, 0.25) is 0 Å². The summed E-state index contributed by atoms with van der Waals surface area (Å²) in [4.78, 5) is 0. The molecule has 0 aliphatic heterocycles. The number of rotatable bonds is 22. The number of hydrogen-bond acceptors (Lipinski definition) is 5. The maximum atomic E-state index is 9.46. The third-order valence-corrected chi connectivity index (χ3v) is 6.85. The van der Waals surface area contributed by atoms with Crippen LogP contribution in [-0.4, -0.2) is 47.7 Å². The van der Waals surface area contributed by atoms with Gasteiger partial charge in [-0.15, -0.1) is 0 Å². The van der Waals surface area contributed by atoms with Crippen LogP contribution in [0.15, 0.2) is 0 Å². The van der Waals surface area contributed by atoms with E-state index in [9.17, 15) is 15.3 Å². The minimum Gasteiger partial charge on any atom is -0.396 e. The molecule has 0 rings (SSSR count). The third kappa shape index (κ3) is 24.8. The molecule has 212 valence electrons. The number of aliphatic hydroxyl groups excluding tert-OH is 3. The van der Waals surface area contributed by atoms with Crippen molar-refractivity contribution in [2.45, 2.75) is 136 Å². The summed E-state index contributed by atoms with van der Waals surface area (Å²) in [5, 5.41) is 28.4. The molecule has 2 atom stereocenters. The van der Waals surface area contributed by atoms with Crippen LogP contribution in [0, 0.1) is 11.3 Å². The van der Waals surface area contributed by atoms with Gasteiger partial charge in [0.05, 0.1) is 19.8 Å². The van der Waals surface area contributed by atoms with Crippen LogP contribution in [0.1, 0.15) is 130 Å². The molecule has 0 aliphatic rings. The molecule has 0 aliphatic carbocycles. The normalized spacial score (nSPS) is 12.7. The molecular weight excluding hydrogens is 438 g/mol. The average Bonchev–Trinajstić information content (AvgIpc) is 2.80. The lowest BCUT2D eigenvalue weighted by molar-refractivity contribution is -0.0361. The highest BCUT2D eigenvalue weighted by Gasteiger charge is 2.34. The molecule has 0 fully saturated rings. The van der Waals surface area contributed by atoms with Crippen molar-refractivity contribution in [1.29, 1.82) is 0 Å². The first-order valence-corrected chi connectivity index (χ1v) is 13.7. The van der Waals surface area contributed by atoms with Gasteiger partial charge < -0.3 is 26.8 Å². The zero-order valence-electron chi connectivity index (χ0n) is 22.8. The fourth-order valence-electron chi connectivity index (χ4n) is 3.92. The van der Waals surface area contributed by atoms with Gasteiger partial charge in [-0.25, -0.2) is 0 Å². The van der Waals surface area contributed by atoms with E-state index in [4.69, 9.17) is 11.5 Å². The molecule has 0 spiro atoms. The van der Waals surface area contributed by atoms with Crippen molar-refractivity contribution in [1.82, 2.24) is 0 Å². The van der Waals surface area contributed by atoms with Crippen molar-refractivity contribution in [3.8, 4) is 0 Å². The molecule has 0 radical (unpaired) electrons. The maximum Gasteiger partial charge on any atom is 0.0534 e. The van der Waals surface area contributed by atoms with Gasteiger partial charge in [-0.05, 0) is 19.3 Å². The van der Waals surface area contributed by atoms with Crippen molar-refractivity contribution in [3.63, 3.8) is 0 Å². The van der Waals surface area contributed by atoms with Crippen molar-refractivity contribution >= 4 is 0 Å². The van der Waals surface area contributed by atoms with Crippen LogP contribution in [0.25, 0.3) is 0 Å². The Morgan fingerprint density at radius 1 is 0.588 bits per heavy atom. The summed E-state index contributed by atoms with van der Waals surface area (Å²) in [6.45, 7) is 6.36. The Labute approximate surface area is 210 Å². The van der Waals surface area contributed by atoms with Gasteiger partial charge in [0.15, 0.2) is 0 Å². The molecule has 0 aromatic heterocycles. The van der Waals surface area contributed by atoms with Gasteiger partial charge >= 0.3 is 0 Å². The number of halogens is 2. The summed E-state index contributed by atoms with van der Waals surface area (Å²) in [6, 6.07) is 0.162. The van der Waals surface area contributed by atoms with Crippen LogP contribution in [0.4, 0.5) is 9.41 Å². The first-order valence-electron chi connectivity index (χ1n) is 13.7. The molecule has 7 N–H and O–H groups in total. The van der Waals surface area contributed by atoms with Gasteiger partial charge in [-0.3, -0.25) is 9.41 Å². The van der Waals surface area contributed by atoms with Gasteiger partial charge in [0.1, 0.15) is 0 Å². The van der Waals surface area contributed by atoms with Gasteiger partial charge in [0.2, 0.25) is 0 Å². The monoisotopic (exact) mass is 500 g/mol. The first-order chi connectivity index (χ1) is 15.4. The second kappa shape index (κ2) is 30.7. The zero-order chi connectivity index (χ0) is 24.5. The van der Waals surface area contributed by atoms with Crippen molar-refractivity contribution < 1.29 is 24.7 Å². The fourth-order valence-corrected chi connectivity index (χ4v) is 3.92. The van der Waals surface area contributed by atoms with Crippen LogP contribution in [-0.2, 0) is 0 Å². The number of aliphatic hydroxyl groups is 3. The quantitative estimate of drug-likeness (QED) is 0.120. The summed E-state index contributed by atoms with van der Waals surface area (Å²) in [7, 11) is 0. The third-order valence-electron chi connectivity index (χ3n) is 6.85. The summed E-state index contributed by atoms with van der Waals surface area (Å²) < 4.78 is 0. The Morgan fingerprint density at radius 2 is 0.853 bits per heavy atom. The number of hydrogen-bond donors (Lipinski definition) is 5. The largest absolute Gasteiger partial charge is 0.396 e. The molecule has 0 aromatic rings. The van der Waals surface area contributed by atoms with E-state index in [1.165, 1.54) is 96.3 Å². The Kier molecular flexibility index (Phi) is 36.8. The van der Waals surface area contributed by atoms with E-state index in [1.807, 2.05) is 13.8 Å². The first kappa shape index (κ1) is 40.8. The smallest absolute Gasteiger partial charge is 0.0534 e. The van der Waals surface area contributed by atoms with Gasteiger partial charge in [-0.2, -0.15) is 0 Å². The highest BCUT2D eigenvalue weighted by atomic mass is 19.0. The molecule has 2 unspecified atom stereocenters. The zero-order valence-corrected chi connectivity index (χ0v) is 22.8. The van der Waals surface area contributed by atoms with E-state index in [0.717, 1.165) is 12.8 Å². The summed E-state index contributed by atoms with van der Waals surface area (Å²) >= 11 is 0. The Bertz CT molecular complexity index is 353. The lowest BCUT2D eigenvalue weighted by Gasteiger charge is -2.34. The highest BCUT2D eigenvalue weighted by molar-refractivity contribution is 4.82. The molecule has 0 bridgehead atoms. The van der Waals surface area contributed by atoms with Gasteiger partial charge in [0.25, 0.3) is 0 Å². The van der Waals surface area contributed by atoms with Crippen molar-refractivity contribution in [3.05, 3.63) is 0 Å². The molecule has 0 saturated heterocycles. The lowest BCUT2D eigenvalue weighted by Crippen LogP contribution is -2.40. The highest BCUT2D eigenvalue weighted by Crippen LogP contribution is 2.30. The van der Waals surface area contributed by atoms with Crippen LogP contribution in [0.3, 0.4) is 0 Å². The fraction of sp³-hybridized carbons (Fsp3) is 1.00. The van der Waals surface area contributed by atoms with Gasteiger partial charge in [-0.1, -0.05) is 117 Å². The van der Waals surface area contributed by atoms with E-state index in [2.05, 4.69) is 6.92 Å². The lowest BCUT2D eigenvalue weighted by atomic mass is 9.75. The van der Waals surface area contributed by atoms with Crippen LogP contribution >= 0.6 is 0 Å². The van der Waals surface area contributed by atoms with E-state index in [1.54, 1.807) is 0 Å². The van der Waals surface area contributed by atoms with E-state index in [0.29, 0.717) is 6.54 Å². The van der Waals surface area contributed by atoms with Crippen molar-refractivity contribution in [2.75, 3.05) is 26.4 Å². The second-order valence-corrected chi connectivity index (χ2v) is 10.0. The maximum absolute atomic E-state index is 9.46. The molecule has 5 nitrogen and oxygen atoms in total. The Balaban J connectivity index is -0.000000578. The van der Waals surface area contributed by atoms with Crippen LogP contribution < -0.4 is 11.5 Å². The molecular formula is C27H62F2N2O3. The van der Waals surface area contributed by atoms with Crippen LogP contribution in [0.5, 0.6) is 0 Å². The summed E-state index contributed by atoms with van der Waals surface area (Å²) in [5.74, 6) is 0.157. The molecule has 0 amide bonds. The molecule has 34 heavy (non-hydrogen) atoms. The van der Waals surface area contributed by atoms with Crippen molar-refractivity contribution in [2.24, 2.45) is 22.8 Å². The molecule has 7 heteroatoms. The SMILES string of the molecule is CC(N)CN.CCCCCCCCCCCCCCCCCCC(C)C(CO)(CO)CO.F.F.